The zero-order chi connectivity index (χ0) is 15.6. The molecule has 0 spiro atoms. The van der Waals surface area contributed by atoms with E-state index >= 15 is 0 Å². The first kappa shape index (κ1) is 15.4. The number of rotatable bonds is 4. The lowest BCUT2D eigenvalue weighted by Gasteiger charge is -2.29. The van der Waals surface area contributed by atoms with Crippen molar-refractivity contribution in [1.29, 1.82) is 0 Å². The van der Waals surface area contributed by atoms with E-state index in [1.165, 1.54) is 17.6 Å². The largest absolute Gasteiger partial charge is 0.316 e. The van der Waals surface area contributed by atoms with Crippen molar-refractivity contribution in [2.75, 3.05) is 24.7 Å². The van der Waals surface area contributed by atoms with Gasteiger partial charge in [0.05, 0.1) is 11.9 Å². The molecule has 0 bridgehead atoms. The SMILES string of the molecule is CS(=O)(=O)N1CCCC(c2csc(Nc3ccccn3)n2)C1. The van der Waals surface area contributed by atoms with Crippen LogP contribution in [0.15, 0.2) is 29.8 Å². The maximum atomic E-state index is 11.7. The molecule has 1 aliphatic heterocycles. The first-order valence-electron chi connectivity index (χ1n) is 7.11. The highest BCUT2D eigenvalue weighted by atomic mass is 32.2. The second-order valence-corrected chi connectivity index (χ2v) is 8.22. The van der Waals surface area contributed by atoms with Crippen LogP contribution in [0.3, 0.4) is 0 Å². The molecule has 1 unspecified atom stereocenters. The summed E-state index contributed by atoms with van der Waals surface area (Å²) in [6.07, 6.45) is 4.84. The number of thiazole rings is 1. The minimum atomic E-state index is -3.13. The Bertz CT molecular complexity index is 730. The minimum absolute atomic E-state index is 0.166. The number of sulfonamides is 1. The highest BCUT2D eigenvalue weighted by Crippen LogP contribution is 2.31. The Labute approximate surface area is 134 Å². The molecule has 2 aromatic rings. The highest BCUT2D eigenvalue weighted by molar-refractivity contribution is 7.88. The number of pyridine rings is 1. The van der Waals surface area contributed by atoms with Gasteiger partial charge in [0.2, 0.25) is 10.0 Å². The number of nitrogens with one attached hydrogen (secondary N) is 1. The van der Waals surface area contributed by atoms with Gasteiger partial charge in [0, 0.05) is 30.6 Å². The van der Waals surface area contributed by atoms with Gasteiger partial charge in [-0.15, -0.1) is 11.3 Å². The van der Waals surface area contributed by atoms with Crippen LogP contribution in [-0.4, -0.2) is 42.0 Å². The summed E-state index contributed by atoms with van der Waals surface area (Å²) < 4.78 is 24.9. The molecule has 3 rings (SSSR count). The van der Waals surface area contributed by atoms with E-state index in [0.717, 1.165) is 29.5 Å². The zero-order valence-electron chi connectivity index (χ0n) is 12.3. The fourth-order valence-electron chi connectivity index (χ4n) is 2.56. The van der Waals surface area contributed by atoms with E-state index in [9.17, 15) is 8.42 Å². The second-order valence-electron chi connectivity index (χ2n) is 5.38. The van der Waals surface area contributed by atoms with Gasteiger partial charge < -0.3 is 5.32 Å². The first-order valence-corrected chi connectivity index (χ1v) is 9.84. The first-order chi connectivity index (χ1) is 10.5. The van der Waals surface area contributed by atoms with Gasteiger partial charge in [-0.2, -0.15) is 0 Å². The third-order valence-corrected chi connectivity index (χ3v) is 5.74. The predicted octanol–water partition coefficient (Wildman–Crippen LogP) is 2.42. The van der Waals surface area contributed by atoms with Crippen molar-refractivity contribution in [3.8, 4) is 0 Å². The minimum Gasteiger partial charge on any atom is -0.316 e. The Kier molecular flexibility index (Phi) is 4.42. The number of hydrogen-bond donors (Lipinski definition) is 1. The van der Waals surface area contributed by atoms with Crippen LogP contribution in [0.1, 0.15) is 24.5 Å². The summed E-state index contributed by atoms with van der Waals surface area (Å²) in [4.78, 5) is 8.80. The molecule has 1 saturated heterocycles. The molecule has 2 aromatic heterocycles. The van der Waals surface area contributed by atoms with Gasteiger partial charge in [-0.3, -0.25) is 0 Å². The van der Waals surface area contributed by atoms with Gasteiger partial charge in [0.15, 0.2) is 5.13 Å². The summed E-state index contributed by atoms with van der Waals surface area (Å²) in [6.45, 7) is 1.13. The fraction of sp³-hybridized carbons (Fsp3) is 0.429. The summed E-state index contributed by atoms with van der Waals surface area (Å²) >= 11 is 1.52. The molecule has 6 nitrogen and oxygen atoms in total. The van der Waals surface area contributed by atoms with Gasteiger partial charge >= 0.3 is 0 Å². The van der Waals surface area contributed by atoms with E-state index in [4.69, 9.17) is 0 Å². The van der Waals surface area contributed by atoms with E-state index < -0.39 is 10.0 Å². The molecule has 1 atom stereocenters. The Hall–Kier alpha value is -1.51. The van der Waals surface area contributed by atoms with Crippen LogP contribution in [-0.2, 0) is 10.0 Å². The highest BCUT2D eigenvalue weighted by Gasteiger charge is 2.28. The molecule has 1 aliphatic rings. The van der Waals surface area contributed by atoms with Crippen molar-refractivity contribution < 1.29 is 8.42 Å². The van der Waals surface area contributed by atoms with Crippen LogP contribution in [0.5, 0.6) is 0 Å². The summed E-state index contributed by atoms with van der Waals surface area (Å²) in [5.74, 6) is 0.920. The lowest BCUT2D eigenvalue weighted by atomic mass is 9.97. The molecule has 22 heavy (non-hydrogen) atoms. The lowest BCUT2D eigenvalue weighted by molar-refractivity contribution is 0.315. The Morgan fingerprint density at radius 1 is 1.41 bits per heavy atom. The van der Waals surface area contributed by atoms with Crippen LogP contribution in [0.4, 0.5) is 10.9 Å². The van der Waals surface area contributed by atoms with E-state index in [-0.39, 0.29) is 5.92 Å². The summed E-state index contributed by atoms with van der Waals surface area (Å²) in [5.41, 5.74) is 0.955. The normalized spacial score (nSPS) is 20.0. The molecule has 0 radical (unpaired) electrons. The Morgan fingerprint density at radius 3 is 3.00 bits per heavy atom. The van der Waals surface area contributed by atoms with Gasteiger partial charge in [-0.05, 0) is 25.0 Å². The van der Waals surface area contributed by atoms with E-state index in [1.54, 1.807) is 10.5 Å². The van der Waals surface area contributed by atoms with Crippen molar-refractivity contribution in [1.82, 2.24) is 14.3 Å². The molecule has 8 heteroatoms. The number of anilines is 2. The number of hydrogen-bond acceptors (Lipinski definition) is 6. The molecular formula is C14H18N4O2S2. The quantitative estimate of drug-likeness (QED) is 0.926. The molecular weight excluding hydrogens is 320 g/mol. The smallest absolute Gasteiger partial charge is 0.211 e. The third-order valence-electron chi connectivity index (χ3n) is 3.69. The monoisotopic (exact) mass is 338 g/mol. The van der Waals surface area contributed by atoms with E-state index in [1.807, 2.05) is 23.6 Å². The molecule has 1 fully saturated rings. The van der Waals surface area contributed by atoms with Crippen molar-refractivity contribution >= 4 is 32.3 Å². The molecule has 0 aromatic carbocycles. The van der Waals surface area contributed by atoms with Crippen LogP contribution in [0.2, 0.25) is 0 Å². The third kappa shape index (κ3) is 3.63. The standard InChI is InChI=1S/C14H18N4O2S2/c1-22(19,20)18-8-4-5-11(9-18)12-10-21-14(16-12)17-13-6-2-3-7-15-13/h2-3,6-7,10-11H,4-5,8-9H2,1H3,(H,15,16,17). The van der Waals surface area contributed by atoms with Crippen LogP contribution < -0.4 is 5.32 Å². The maximum absolute atomic E-state index is 11.7. The van der Waals surface area contributed by atoms with E-state index in [2.05, 4.69) is 15.3 Å². The summed E-state index contributed by atoms with van der Waals surface area (Å²) in [6, 6.07) is 5.66. The van der Waals surface area contributed by atoms with Gasteiger partial charge in [-0.1, -0.05) is 6.07 Å². The predicted molar refractivity (Wildman–Crippen MR) is 88.0 cm³/mol. The van der Waals surface area contributed by atoms with Gasteiger partial charge in [0.1, 0.15) is 5.82 Å². The van der Waals surface area contributed by atoms with Crippen LogP contribution in [0, 0.1) is 0 Å². The lowest BCUT2D eigenvalue weighted by Crippen LogP contribution is -2.38. The van der Waals surface area contributed by atoms with Crippen LogP contribution >= 0.6 is 11.3 Å². The second kappa shape index (κ2) is 6.31. The number of nitrogens with zero attached hydrogens (tertiary/aromatic N) is 3. The molecule has 0 amide bonds. The maximum Gasteiger partial charge on any atom is 0.211 e. The van der Waals surface area contributed by atoms with Crippen molar-refractivity contribution in [2.45, 2.75) is 18.8 Å². The topological polar surface area (TPSA) is 75.2 Å². The molecule has 118 valence electrons. The number of aromatic nitrogens is 2. The Morgan fingerprint density at radius 2 is 2.27 bits per heavy atom. The molecule has 3 heterocycles. The van der Waals surface area contributed by atoms with E-state index in [0.29, 0.717) is 13.1 Å². The summed E-state index contributed by atoms with van der Waals surface area (Å²) in [5, 5.41) is 5.95. The molecule has 0 saturated carbocycles. The van der Waals surface area contributed by atoms with Gasteiger partial charge in [0.25, 0.3) is 0 Å². The zero-order valence-corrected chi connectivity index (χ0v) is 13.9. The van der Waals surface area contributed by atoms with Crippen molar-refractivity contribution in [2.24, 2.45) is 0 Å². The number of piperidine rings is 1. The molecule has 1 N–H and O–H groups in total. The fourth-order valence-corrected chi connectivity index (χ4v) is 4.27. The molecule has 0 aliphatic carbocycles. The van der Waals surface area contributed by atoms with Gasteiger partial charge in [-0.25, -0.2) is 22.7 Å². The van der Waals surface area contributed by atoms with Crippen molar-refractivity contribution in [3.05, 3.63) is 35.5 Å². The van der Waals surface area contributed by atoms with Crippen LogP contribution in [0.25, 0.3) is 0 Å². The van der Waals surface area contributed by atoms with Crippen molar-refractivity contribution in [3.63, 3.8) is 0 Å². The summed E-state index contributed by atoms with van der Waals surface area (Å²) in [7, 11) is -3.13. The average Bonchev–Trinajstić information content (AvgIpc) is 2.96. The Balaban J connectivity index is 1.71. The average molecular weight is 338 g/mol.